The van der Waals surface area contributed by atoms with Gasteiger partial charge in [-0.3, -0.25) is 4.79 Å². The van der Waals surface area contributed by atoms with Crippen LogP contribution in [0.3, 0.4) is 0 Å². The van der Waals surface area contributed by atoms with E-state index >= 15 is 0 Å². The summed E-state index contributed by atoms with van der Waals surface area (Å²) in [6, 6.07) is 25.2. The first-order valence-electron chi connectivity index (χ1n) is 9.10. The van der Waals surface area contributed by atoms with E-state index in [2.05, 4.69) is 27.9 Å². The molecular formula is C22H21IN2O3S. The van der Waals surface area contributed by atoms with E-state index in [0.717, 1.165) is 9.13 Å². The van der Waals surface area contributed by atoms with E-state index in [4.69, 9.17) is 0 Å². The fraction of sp³-hybridized carbons (Fsp3) is 0.136. The van der Waals surface area contributed by atoms with Gasteiger partial charge >= 0.3 is 0 Å². The molecule has 3 aromatic carbocycles. The number of carbonyl (C=O) groups is 1. The van der Waals surface area contributed by atoms with E-state index in [1.165, 1.54) is 4.31 Å². The Morgan fingerprint density at radius 2 is 1.45 bits per heavy atom. The van der Waals surface area contributed by atoms with Crippen LogP contribution in [-0.2, 0) is 21.2 Å². The molecule has 5 nitrogen and oxygen atoms in total. The number of amides is 1. The van der Waals surface area contributed by atoms with E-state index in [1.54, 1.807) is 42.5 Å². The summed E-state index contributed by atoms with van der Waals surface area (Å²) in [6.07, 6.45) is 0.518. The number of nitrogens with one attached hydrogen (secondary N) is 1. The van der Waals surface area contributed by atoms with Gasteiger partial charge in [0.15, 0.2) is 0 Å². The van der Waals surface area contributed by atoms with Crippen molar-refractivity contribution in [1.29, 1.82) is 0 Å². The minimum Gasteiger partial charge on any atom is -0.325 e. The topological polar surface area (TPSA) is 66.5 Å². The molecule has 1 N–H and O–H groups in total. The average molecular weight is 520 g/mol. The minimum absolute atomic E-state index is 0.176. The summed E-state index contributed by atoms with van der Waals surface area (Å²) in [4.78, 5) is 12.8. The molecule has 0 aliphatic carbocycles. The van der Waals surface area contributed by atoms with E-state index in [-0.39, 0.29) is 23.9 Å². The van der Waals surface area contributed by atoms with Gasteiger partial charge < -0.3 is 5.32 Å². The van der Waals surface area contributed by atoms with Crippen molar-refractivity contribution < 1.29 is 13.2 Å². The standard InChI is InChI=1S/C22H21IN2O3S/c23-19-11-13-20(14-12-19)24-22(26)17-25(16-15-18-7-3-1-4-8-18)29(27,28)21-9-5-2-6-10-21/h1-14H,15-17H2,(H,24,26). The van der Waals surface area contributed by atoms with Crippen LogP contribution in [0.1, 0.15) is 5.56 Å². The molecule has 7 heteroatoms. The average Bonchev–Trinajstić information content (AvgIpc) is 2.74. The van der Waals surface area contributed by atoms with Crippen molar-refractivity contribution in [3.63, 3.8) is 0 Å². The largest absolute Gasteiger partial charge is 0.325 e. The number of sulfonamides is 1. The van der Waals surface area contributed by atoms with Gasteiger partial charge in [-0.2, -0.15) is 4.31 Å². The highest BCUT2D eigenvalue weighted by Crippen LogP contribution is 2.17. The fourth-order valence-electron chi connectivity index (χ4n) is 2.82. The quantitative estimate of drug-likeness (QED) is 0.454. The van der Waals surface area contributed by atoms with Gasteiger partial charge in [0.2, 0.25) is 15.9 Å². The summed E-state index contributed by atoms with van der Waals surface area (Å²) >= 11 is 2.18. The number of hydrogen-bond donors (Lipinski definition) is 1. The van der Waals surface area contributed by atoms with E-state index in [9.17, 15) is 13.2 Å². The summed E-state index contributed by atoms with van der Waals surface area (Å²) in [5.74, 6) is -0.376. The SMILES string of the molecule is O=C(CN(CCc1ccccc1)S(=O)(=O)c1ccccc1)Nc1ccc(I)cc1. The van der Waals surface area contributed by atoms with Crippen molar-refractivity contribution >= 4 is 44.2 Å². The lowest BCUT2D eigenvalue weighted by Crippen LogP contribution is -2.39. The molecule has 3 aromatic rings. The lowest BCUT2D eigenvalue weighted by Gasteiger charge is -2.22. The third-order valence-corrected chi connectivity index (χ3v) is 6.90. The monoisotopic (exact) mass is 520 g/mol. The van der Waals surface area contributed by atoms with Crippen molar-refractivity contribution in [1.82, 2.24) is 4.31 Å². The van der Waals surface area contributed by atoms with E-state index in [0.29, 0.717) is 12.1 Å². The van der Waals surface area contributed by atoms with Gasteiger partial charge in [0, 0.05) is 15.8 Å². The van der Waals surface area contributed by atoms with Crippen LogP contribution in [0.4, 0.5) is 5.69 Å². The molecule has 0 saturated heterocycles. The van der Waals surface area contributed by atoms with Crippen LogP contribution < -0.4 is 5.32 Å². The van der Waals surface area contributed by atoms with Gasteiger partial charge in [-0.25, -0.2) is 8.42 Å². The number of nitrogens with zero attached hydrogens (tertiary/aromatic N) is 1. The lowest BCUT2D eigenvalue weighted by molar-refractivity contribution is -0.116. The van der Waals surface area contributed by atoms with Crippen LogP contribution >= 0.6 is 22.6 Å². The summed E-state index contributed by atoms with van der Waals surface area (Å²) in [6.45, 7) is -0.0442. The predicted molar refractivity (Wildman–Crippen MR) is 123 cm³/mol. The molecule has 0 aliphatic rings. The predicted octanol–water partition coefficient (Wildman–Crippen LogP) is 4.16. The molecular weight excluding hydrogens is 499 g/mol. The number of benzene rings is 3. The smallest absolute Gasteiger partial charge is 0.243 e. The zero-order valence-electron chi connectivity index (χ0n) is 15.7. The molecule has 0 saturated carbocycles. The van der Waals surface area contributed by atoms with Crippen molar-refractivity contribution in [3.05, 3.63) is 94.1 Å². The highest BCUT2D eigenvalue weighted by molar-refractivity contribution is 14.1. The second-order valence-electron chi connectivity index (χ2n) is 6.44. The highest BCUT2D eigenvalue weighted by atomic mass is 127. The summed E-state index contributed by atoms with van der Waals surface area (Å²) < 4.78 is 28.5. The number of rotatable bonds is 8. The van der Waals surface area contributed by atoms with Gasteiger partial charge in [0.25, 0.3) is 0 Å². The van der Waals surface area contributed by atoms with Gasteiger partial charge in [0.05, 0.1) is 11.4 Å². The fourth-order valence-corrected chi connectivity index (χ4v) is 4.60. The second kappa shape index (κ2) is 10.00. The molecule has 150 valence electrons. The minimum atomic E-state index is -3.79. The molecule has 0 unspecified atom stereocenters. The zero-order valence-corrected chi connectivity index (χ0v) is 18.6. The molecule has 0 aromatic heterocycles. The molecule has 0 bridgehead atoms. The molecule has 0 aliphatic heterocycles. The summed E-state index contributed by atoms with van der Waals surface area (Å²) in [5, 5.41) is 2.77. The summed E-state index contributed by atoms with van der Waals surface area (Å²) in [7, 11) is -3.79. The molecule has 1 amide bonds. The van der Waals surface area contributed by atoms with Crippen LogP contribution in [0.15, 0.2) is 89.8 Å². The first-order valence-corrected chi connectivity index (χ1v) is 11.6. The molecule has 0 heterocycles. The Morgan fingerprint density at radius 3 is 2.07 bits per heavy atom. The Hall–Kier alpha value is -2.23. The van der Waals surface area contributed by atoms with Crippen molar-refractivity contribution in [3.8, 4) is 0 Å². The number of hydrogen-bond acceptors (Lipinski definition) is 3. The maximum absolute atomic E-state index is 13.1. The molecule has 0 spiro atoms. The first kappa shape index (κ1) is 21.5. The Labute approximate surface area is 184 Å². The van der Waals surface area contributed by atoms with Crippen LogP contribution in [0, 0.1) is 3.57 Å². The Balaban J connectivity index is 1.78. The zero-order chi connectivity index (χ0) is 20.7. The number of halogens is 1. The summed E-state index contributed by atoms with van der Waals surface area (Å²) in [5.41, 5.74) is 1.65. The van der Waals surface area contributed by atoms with Crippen molar-refractivity contribution in [2.45, 2.75) is 11.3 Å². The Kier molecular flexibility index (Phi) is 7.40. The molecule has 3 rings (SSSR count). The normalized spacial score (nSPS) is 11.4. The van der Waals surface area contributed by atoms with Crippen LogP contribution in [-0.4, -0.2) is 31.7 Å². The Bertz CT molecular complexity index is 1040. The van der Waals surface area contributed by atoms with Gasteiger partial charge in [0.1, 0.15) is 0 Å². The van der Waals surface area contributed by atoms with Crippen LogP contribution in [0.25, 0.3) is 0 Å². The van der Waals surface area contributed by atoms with Gasteiger partial charge in [-0.1, -0.05) is 48.5 Å². The molecule has 0 fully saturated rings. The molecule has 0 atom stereocenters. The maximum Gasteiger partial charge on any atom is 0.243 e. The molecule has 0 radical (unpaired) electrons. The molecule has 29 heavy (non-hydrogen) atoms. The van der Waals surface area contributed by atoms with E-state index < -0.39 is 10.0 Å². The third-order valence-electron chi connectivity index (χ3n) is 4.32. The Morgan fingerprint density at radius 1 is 0.862 bits per heavy atom. The van der Waals surface area contributed by atoms with Crippen molar-refractivity contribution in [2.75, 3.05) is 18.4 Å². The maximum atomic E-state index is 13.1. The van der Waals surface area contributed by atoms with E-state index in [1.807, 2.05) is 42.5 Å². The first-order chi connectivity index (χ1) is 13.9. The van der Waals surface area contributed by atoms with Gasteiger partial charge in [-0.15, -0.1) is 0 Å². The van der Waals surface area contributed by atoms with Crippen LogP contribution in [0.2, 0.25) is 0 Å². The number of anilines is 1. The van der Waals surface area contributed by atoms with Crippen LogP contribution in [0.5, 0.6) is 0 Å². The highest BCUT2D eigenvalue weighted by Gasteiger charge is 2.26. The number of carbonyl (C=O) groups excluding carboxylic acids is 1. The second-order valence-corrected chi connectivity index (χ2v) is 9.63. The van der Waals surface area contributed by atoms with Gasteiger partial charge in [-0.05, 0) is 71.0 Å². The third kappa shape index (κ3) is 6.12. The van der Waals surface area contributed by atoms with Crippen molar-refractivity contribution in [2.24, 2.45) is 0 Å². The lowest BCUT2D eigenvalue weighted by atomic mass is 10.1.